The third kappa shape index (κ3) is 2.85. The van der Waals surface area contributed by atoms with Gasteiger partial charge in [0.25, 0.3) is 0 Å². The molecule has 1 fully saturated rings. The lowest BCUT2D eigenvalue weighted by Crippen LogP contribution is -2.39. The van der Waals surface area contributed by atoms with Gasteiger partial charge >= 0.3 is 0 Å². The van der Waals surface area contributed by atoms with Gasteiger partial charge in [-0.2, -0.15) is 5.10 Å². The van der Waals surface area contributed by atoms with Crippen molar-refractivity contribution in [3.63, 3.8) is 0 Å². The number of piperidine rings is 1. The maximum Gasteiger partial charge on any atom is 0.0640 e. The molecule has 0 amide bonds. The maximum atomic E-state index is 4.60. The quantitative estimate of drug-likeness (QED) is 0.849. The van der Waals surface area contributed by atoms with Crippen LogP contribution in [0.25, 0.3) is 0 Å². The molecule has 16 heavy (non-hydrogen) atoms. The summed E-state index contributed by atoms with van der Waals surface area (Å²) >= 11 is 0. The third-order valence-electron chi connectivity index (χ3n) is 3.41. The molecule has 0 spiro atoms. The molecule has 0 radical (unpaired) electrons. The van der Waals surface area contributed by atoms with E-state index < -0.39 is 0 Å². The third-order valence-corrected chi connectivity index (χ3v) is 3.41. The molecule has 1 saturated heterocycles. The van der Waals surface area contributed by atoms with Crippen molar-refractivity contribution in [2.45, 2.75) is 52.1 Å². The van der Waals surface area contributed by atoms with Gasteiger partial charge < -0.3 is 5.32 Å². The van der Waals surface area contributed by atoms with Gasteiger partial charge in [-0.25, -0.2) is 0 Å². The van der Waals surface area contributed by atoms with Gasteiger partial charge in [0.2, 0.25) is 0 Å². The van der Waals surface area contributed by atoms with Crippen LogP contribution in [0.5, 0.6) is 0 Å². The van der Waals surface area contributed by atoms with E-state index in [4.69, 9.17) is 0 Å². The fourth-order valence-corrected chi connectivity index (χ4v) is 2.26. The zero-order chi connectivity index (χ0) is 11.5. The summed E-state index contributed by atoms with van der Waals surface area (Å²) in [7, 11) is 0. The fourth-order valence-electron chi connectivity index (χ4n) is 2.26. The fraction of sp³-hybridized carbons (Fsp3) is 0.769. The summed E-state index contributed by atoms with van der Waals surface area (Å²) in [5.41, 5.74) is 1.22. The Morgan fingerprint density at radius 2 is 2.31 bits per heavy atom. The Labute approximate surface area is 98.2 Å². The van der Waals surface area contributed by atoms with E-state index in [0.717, 1.165) is 18.9 Å². The summed E-state index contributed by atoms with van der Waals surface area (Å²) in [6.45, 7) is 7.81. The lowest BCUT2D eigenvalue weighted by atomic mass is 9.94. The van der Waals surface area contributed by atoms with Gasteiger partial charge in [0.05, 0.1) is 5.69 Å². The van der Waals surface area contributed by atoms with Gasteiger partial charge in [0.1, 0.15) is 0 Å². The van der Waals surface area contributed by atoms with Crippen molar-refractivity contribution in [2.75, 3.05) is 6.54 Å². The highest BCUT2D eigenvalue weighted by molar-refractivity contribution is 5.02. The zero-order valence-electron chi connectivity index (χ0n) is 10.6. The first-order valence-corrected chi connectivity index (χ1v) is 6.42. The first-order chi connectivity index (χ1) is 7.65. The molecule has 2 heterocycles. The smallest absolute Gasteiger partial charge is 0.0640 e. The monoisotopic (exact) mass is 221 g/mol. The second kappa shape index (κ2) is 5.00. The number of nitrogens with zero attached hydrogens (tertiary/aromatic N) is 2. The van der Waals surface area contributed by atoms with E-state index in [9.17, 15) is 0 Å². The van der Waals surface area contributed by atoms with Gasteiger partial charge in [-0.3, -0.25) is 4.68 Å². The van der Waals surface area contributed by atoms with Gasteiger partial charge in [-0.1, -0.05) is 6.92 Å². The first kappa shape index (κ1) is 11.6. The van der Waals surface area contributed by atoms with Crippen molar-refractivity contribution in [2.24, 2.45) is 5.92 Å². The van der Waals surface area contributed by atoms with Crippen LogP contribution < -0.4 is 5.32 Å². The predicted octanol–water partition coefficient (Wildman–Crippen LogP) is 2.39. The summed E-state index contributed by atoms with van der Waals surface area (Å²) in [6, 6.07) is 3.25. The Kier molecular flexibility index (Phi) is 3.64. The molecule has 2 atom stereocenters. The SMILES string of the molecule is CC1CCC(Cc2ccn(C(C)C)n2)NC1. The minimum atomic E-state index is 0.466. The first-order valence-electron chi connectivity index (χ1n) is 6.42. The van der Waals surface area contributed by atoms with Gasteiger partial charge in [0, 0.05) is 24.7 Å². The van der Waals surface area contributed by atoms with Crippen LogP contribution in [0.4, 0.5) is 0 Å². The largest absolute Gasteiger partial charge is 0.313 e. The van der Waals surface area contributed by atoms with Gasteiger partial charge in [-0.15, -0.1) is 0 Å². The van der Waals surface area contributed by atoms with E-state index in [1.54, 1.807) is 0 Å². The van der Waals surface area contributed by atoms with Crippen molar-refractivity contribution in [3.05, 3.63) is 18.0 Å². The average Bonchev–Trinajstić information content (AvgIpc) is 2.70. The molecule has 0 aliphatic carbocycles. The van der Waals surface area contributed by atoms with Gasteiger partial charge in [0.15, 0.2) is 0 Å². The van der Waals surface area contributed by atoms with Crippen LogP contribution >= 0.6 is 0 Å². The highest BCUT2D eigenvalue weighted by Gasteiger charge is 2.18. The molecular formula is C13H23N3. The molecule has 1 aromatic rings. The topological polar surface area (TPSA) is 29.9 Å². The molecule has 0 bridgehead atoms. The number of hydrogen-bond donors (Lipinski definition) is 1. The molecule has 0 aromatic carbocycles. The molecule has 1 aliphatic rings. The van der Waals surface area contributed by atoms with E-state index in [-0.39, 0.29) is 0 Å². The molecule has 1 aliphatic heterocycles. The number of aromatic nitrogens is 2. The van der Waals surface area contributed by atoms with Crippen LogP contribution in [0.15, 0.2) is 12.3 Å². The molecular weight excluding hydrogens is 198 g/mol. The normalized spacial score (nSPS) is 26.2. The summed E-state index contributed by atoms with van der Waals surface area (Å²) in [4.78, 5) is 0. The Balaban J connectivity index is 1.88. The van der Waals surface area contributed by atoms with Crippen LogP contribution in [-0.2, 0) is 6.42 Å². The second-order valence-corrected chi connectivity index (χ2v) is 5.37. The van der Waals surface area contributed by atoms with Crippen molar-refractivity contribution in [1.29, 1.82) is 0 Å². The van der Waals surface area contributed by atoms with Crippen LogP contribution in [-0.4, -0.2) is 22.4 Å². The molecule has 1 aromatic heterocycles. The minimum absolute atomic E-state index is 0.466. The Morgan fingerprint density at radius 1 is 1.50 bits per heavy atom. The van der Waals surface area contributed by atoms with E-state index in [1.165, 1.54) is 18.5 Å². The van der Waals surface area contributed by atoms with E-state index in [0.29, 0.717) is 12.1 Å². The number of hydrogen-bond acceptors (Lipinski definition) is 2. The minimum Gasteiger partial charge on any atom is -0.313 e. The van der Waals surface area contributed by atoms with Crippen LogP contribution in [0.2, 0.25) is 0 Å². The average molecular weight is 221 g/mol. The predicted molar refractivity (Wildman–Crippen MR) is 66.5 cm³/mol. The summed E-state index contributed by atoms with van der Waals surface area (Å²) in [6.07, 6.45) is 5.80. The zero-order valence-corrected chi connectivity index (χ0v) is 10.6. The highest BCUT2D eigenvalue weighted by atomic mass is 15.3. The van der Waals surface area contributed by atoms with E-state index >= 15 is 0 Å². The maximum absolute atomic E-state index is 4.60. The summed E-state index contributed by atoms with van der Waals surface area (Å²) < 4.78 is 2.04. The Bertz CT molecular complexity index is 322. The molecule has 90 valence electrons. The van der Waals surface area contributed by atoms with Gasteiger partial charge in [-0.05, 0) is 45.2 Å². The van der Waals surface area contributed by atoms with Crippen molar-refractivity contribution in [3.8, 4) is 0 Å². The molecule has 3 heteroatoms. The molecule has 0 saturated carbocycles. The second-order valence-electron chi connectivity index (χ2n) is 5.37. The van der Waals surface area contributed by atoms with Crippen molar-refractivity contribution in [1.82, 2.24) is 15.1 Å². The van der Waals surface area contributed by atoms with Crippen molar-refractivity contribution >= 4 is 0 Å². The molecule has 1 N–H and O–H groups in total. The highest BCUT2D eigenvalue weighted by Crippen LogP contribution is 2.16. The Morgan fingerprint density at radius 3 is 2.88 bits per heavy atom. The summed E-state index contributed by atoms with van der Waals surface area (Å²) in [5, 5.41) is 8.21. The van der Waals surface area contributed by atoms with E-state index in [1.807, 2.05) is 4.68 Å². The molecule has 2 unspecified atom stereocenters. The Hall–Kier alpha value is -0.830. The molecule has 3 nitrogen and oxygen atoms in total. The molecule has 2 rings (SSSR count). The lowest BCUT2D eigenvalue weighted by Gasteiger charge is -2.27. The van der Waals surface area contributed by atoms with Crippen LogP contribution in [0, 0.1) is 5.92 Å². The van der Waals surface area contributed by atoms with Crippen LogP contribution in [0.1, 0.15) is 45.3 Å². The number of rotatable bonds is 3. The summed E-state index contributed by atoms with van der Waals surface area (Å²) in [5.74, 6) is 0.837. The van der Waals surface area contributed by atoms with E-state index in [2.05, 4.69) is 43.4 Å². The standard InChI is InChI=1S/C13H23N3/c1-10(2)16-7-6-13(15-16)8-12-5-4-11(3)9-14-12/h6-7,10-12,14H,4-5,8-9H2,1-3H3. The van der Waals surface area contributed by atoms with Crippen molar-refractivity contribution < 1.29 is 0 Å². The van der Waals surface area contributed by atoms with Crippen LogP contribution in [0.3, 0.4) is 0 Å². The lowest BCUT2D eigenvalue weighted by molar-refractivity contribution is 0.324. The number of nitrogens with one attached hydrogen (secondary N) is 1.